The number of thiophene rings is 1. The summed E-state index contributed by atoms with van der Waals surface area (Å²) in [5.74, 6) is 1.58. The lowest BCUT2D eigenvalue weighted by Gasteiger charge is -2.12. The van der Waals surface area contributed by atoms with Gasteiger partial charge in [0.25, 0.3) is 5.56 Å². The molecule has 146 valence electrons. The van der Waals surface area contributed by atoms with Crippen LogP contribution >= 0.6 is 23.1 Å². The highest BCUT2D eigenvalue weighted by Gasteiger charge is 2.23. The molecule has 2 aromatic carbocycles. The normalized spacial score (nSPS) is 13.0. The summed E-state index contributed by atoms with van der Waals surface area (Å²) >= 11 is 3.29. The highest BCUT2D eigenvalue weighted by atomic mass is 32.2. The number of hydrogen-bond acceptors (Lipinski definition) is 5. The topological polar surface area (TPSA) is 44.1 Å². The number of benzene rings is 2. The van der Waals surface area contributed by atoms with Gasteiger partial charge in [-0.25, -0.2) is 4.98 Å². The minimum absolute atomic E-state index is 0.0535. The largest absolute Gasteiger partial charge is 0.497 e. The van der Waals surface area contributed by atoms with Crippen LogP contribution in [0.2, 0.25) is 0 Å². The summed E-state index contributed by atoms with van der Waals surface area (Å²) in [4.78, 5) is 20.7. The smallest absolute Gasteiger partial charge is 0.267 e. The standard InChI is InChI=1S/C23H20N2O2S2/c1-27-17-12-10-15(11-13-17)14-28-23-24-21-20(18-8-5-9-19(18)29-21)22(26)25(23)16-6-3-2-4-7-16/h2-4,6-7,10-13H,5,8-9,14H2,1H3. The summed E-state index contributed by atoms with van der Waals surface area (Å²) in [6.07, 6.45) is 3.19. The molecular weight excluding hydrogens is 400 g/mol. The first kappa shape index (κ1) is 18.5. The van der Waals surface area contributed by atoms with E-state index in [9.17, 15) is 4.79 Å². The molecule has 29 heavy (non-hydrogen) atoms. The van der Waals surface area contributed by atoms with E-state index in [0.717, 1.165) is 51.8 Å². The molecule has 0 radical (unpaired) electrons. The lowest BCUT2D eigenvalue weighted by molar-refractivity contribution is 0.414. The highest BCUT2D eigenvalue weighted by molar-refractivity contribution is 7.98. The van der Waals surface area contributed by atoms with Crippen LogP contribution in [-0.2, 0) is 18.6 Å². The van der Waals surface area contributed by atoms with Gasteiger partial charge in [0.2, 0.25) is 0 Å². The SMILES string of the molecule is COc1ccc(CSc2nc3sc4c(c3c(=O)n2-c2ccccc2)CCC4)cc1. The summed E-state index contributed by atoms with van der Waals surface area (Å²) < 4.78 is 7.02. The maximum absolute atomic E-state index is 13.6. The molecule has 0 atom stereocenters. The Morgan fingerprint density at radius 2 is 1.90 bits per heavy atom. The van der Waals surface area contributed by atoms with Crippen molar-refractivity contribution in [1.82, 2.24) is 9.55 Å². The molecule has 1 aliphatic carbocycles. The Labute approximate surface area is 177 Å². The summed E-state index contributed by atoms with van der Waals surface area (Å²) in [6, 6.07) is 17.8. The van der Waals surface area contributed by atoms with Crippen molar-refractivity contribution in [2.24, 2.45) is 0 Å². The van der Waals surface area contributed by atoms with Crippen LogP contribution in [0.25, 0.3) is 15.9 Å². The molecule has 5 rings (SSSR count). The number of aryl methyl sites for hydroxylation is 2. The van der Waals surface area contributed by atoms with Crippen LogP contribution in [0.4, 0.5) is 0 Å². The van der Waals surface area contributed by atoms with E-state index in [0.29, 0.717) is 0 Å². The van der Waals surface area contributed by atoms with Crippen LogP contribution in [0.15, 0.2) is 64.5 Å². The zero-order chi connectivity index (χ0) is 19.8. The Balaban J connectivity index is 1.60. The second-order valence-corrected chi connectivity index (χ2v) is 9.07. The van der Waals surface area contributed by atoms with Crippen LogP contribution in [0.3, 0.4) is 0 Å². The van der Waals surface area contributed by atoms with E-state index < -0.39 is 0 Å². The number of ether oxygens (including phenoxy) is 1. The van der Waals surface area contributed by atoms with E-state index in [1.807, 2.05) is 42.5 Å². The Morgan fingerprint density at radius 3 is 2.66 bits per heavy atom. The van der Waals surface area contributed by atoms with Gasteiger partial charge in [0.1, 0.15) is 10.6 Å². The third-order valence-electron chi connectivity index (χ3n) is 5.25. The maximum Gasteiger partial charge on any atom is 0.267 e. The minimum atomic E-state index is 0.0535. The van der Waals surface area contributed by atoms with Gasteiger partial charge >= 0.3 is 0 Å². The molecule has 0 saturated heterocycles. The molecule has 0 amide bonds. The molecule has 0 aliphatic heterocycles. The Kier molecular flexibility index (Phi) is 4.89. The predicted molar refractivity (Wildman–Crippen MR) is 120 cm³/mol. The summed E-state index contributed by atoms with van der Waals surface area (Å²) in [5.41, 5.74) is 3.30. The van der Waals surface area contributed by atoms with E-state index >= 15 is 0 Å². The van der Waals surface area contributed by atoms with E-state index in [-0.39, 0.29) is 5.56 Å². The van der Waals surface area contributed by atoms with Crippen LogP contribution in [0.5, 0.6) is 5.75 Å². The summed E-state index contributed by atoms with van der Waals surface area (Å²) in [6.45, 7) is 0. The van der Waals surface area contributed by atoms with Crippen molar-refractivity contribution < 1.29 is 4.74 Å². The van der Waals surface area contributed by atoms with Crippen molar-refractivity contribution in [2.45, 2.75) is 30.2 Å². The summed E-state index contributed by atoms with van der Waals surface area (Å²) in [5, 5.41) is 1.56. The molecule has 4 nitrogen and oxygen atoms in total. The van der Waals surface area contributed by atoms with Crippen LogP contribution in [0.1, 0.15) is 22.4 Å². The minimum Gasteiger partial charge on any atom is -0.497 e. The molecule has 2 heterocycles. The highest BCUT2D eigenvalue weighted by Crippen LogP contribution is 2.36. The van der Waals surface area contributed by atoms with Crippen molar-refractivity contribution >= 4 is 33.3 Å². The second-order valence-electron chi connectivity index (χ2n) is 7.04. The Morgan fingerprint density at radius 1 is 1.10 bits per heavy atom. The molecule has 0 saturated carbocycles. The van der Waals surface area contributed by atoms with Crippen molar-refractivity contribution in [3.8, 4) is 11.4 Å². The number of aromatic nitrogens is 2. The van der Waals surface area contributed by atoms with E-state index in [2.05, 4.69) is 12.1 Å². The van der Waals surface area contributed by atoms with Crippen LogP contribution in [-0.4, -0.2) is 16.7 Å². The van der Waals surface area contributed by atoms with Gasteiger partial charge in [0.15, 0.2) is 5.16 Å². The first-order chi connectivity index (χ1) is 14.2. The molecular formula is C23H20N2O2S2. The zero-order valence-electron chi connectivity index (χ0n) is 16.1. The molecule has 0 spiro atoms. The van der Waals surface area contributed by atoms with Crippen molar-refractivity contribution in [3.05, 3.63) is 81.0 Å². The lowest BCUT2D eigenvalue weighted by atomic mass is 10.2. The van der Waals surface area contributed by atoms with Crippen LogP contribution < -0.4 is 10.3 Å². The van der Waals surface area contributed by atoms with Gasteiger partial charge in [-0.15, -0.1) is 11.3 Å². The van der Waals surface area contributed by atoms with Gasteiger partial charge in [-0.1, -0.05) is 42.1 Å². The number of nitrogens with zero attached hydrogens (tertiary/aromatic N) is 2. The molecule has 0 unspecified atom stereocenters. The second kappa shape index (κ2) is 7.69. The Hall–Kier alpha value is -2.57. The van der Waals surface area contributed by atoms with E-state index in [1.54, 1.807) is 34.8 Å². The van der Waals surface area contributed by atoms with Gasteiger partial charge < -0.3 is 4.74 Å². The fourth-order valence-electron chi connectivity index (χ4n) is 3.80. The fourth-order valence-corrected chi connectivity index (χ4v) is 6.07. The average molecular weight is 421 g/mol. The number of hydrogen-bond donors (Lipinski definition) is 0. The van der Waals surface area contributed by atoms with Crippen molar-refractivity contribution in [3.63, 3.8) is 0 Å². The first-order valence-electron chi connectivity index (χ1n) is 9.63. The number of methoxy groups -OCH3 is 1. The van der Waals surface area contributed by atoms with Gasteiger partial charge in [-0.05, 0) is 54.7 Å². The molecule has 4 aromatic rings. The average Bonchev–Trinajstić information content (AvgIpc) is 3.34. The van der Waals surface area contributed by atoms with Crippen LogP contribution in [0, 0.1) is 0 Å². The third-order valence-corrected chi connectivity index (χ3v) is 7.44. The van der Waals surface area contributed by atoms with E-state index in [1.165, 1.54) is 16.0 Å². The summed E-state index contributed by atoms with van der Waals surface area (Å²) in [7, 11) is 1.67. The van der Waals surface area contributed by atoms with Gasteiger partial charge in [-0.3, -0.25) is 9.36 Å². The lowest BCUT2D eigenvalue weighted by Crippen LogP contribution is -2.21. The maximum atomic E-state index is 13.6. The van der Waals surface area contributed by atoms with Gasteiger partial charge in [-0.2, -0.15) is 0 Å². The van der Waals surface area contributed by atoms with Crippen molar-refractivity contribution in [1.29, 1.82) is 0 Å². The van der Waals surface area contributed by atoms with Gasteiger partial charge in [0, 0.05) is 10.6 Å². The zero-order valence-corrected chi connectivity index (χ0v) is 17.7. The number of thioether (sulfide) groups is 1. The number of para-hydroxylation sites is 1. The number of fused-ring (bicyclic) bond motifs is 3. The Bertz CT molecular complexity index is 1230. The predicted octanol–water partition coefficient (Wildman–Crippen LogP) is 5.24. The van der Waals surface area contributed by atoms with Crippen molar-refractivity contribution in [2.75, 3.05) is 7.11 Å². The quantitative estimate of drug-likeness (QED) is 0.327. The first-order valence-corrected chi connectivity index (χ1v) is 11.4. The van der Waals surface area contributed by atoms with Gasteiger partial charge in [0.05, 0.1) is 18.2 Å². The monoisotopic (exact) mass is 420 g/mol. The molecule has 6 heteroatoms. The third kappa shape index (κ3) is 3.36. The van der Waals surface area contributed by atoms with E-state index in [4.69, 9.17) is 9.72 Å². The number of rotatable bonds is 5. The fraction of sp³-hybridized carbons (Fsp3) is 0.217. The molecule has 1 aliphatic rings. The molecule has 0 N–H and O–H groups in total. The molecule has 2 aromatic heterocycles. The molecule has 0 fully saturated rings. The molecule has 0 bridgehead atoms.